The van der Waals surface area contributed by atoms with Crippen molar-refractivity contribution in [3.8, 4) is 16.9 Å². The summed E-state index contributed by atoms with van der Waals surface area (Å²) in [4.78, 5) is 25.3. The van der Waals surface area contributed by atoms with Crippen molar-refractivity contribution in [1.29, 1.82) is 0 Å². The second-order valence-corrected chi connectivity index (χ2v) is 9.25. The predicted molar refractivity (Wildman–Crippen MR) is 147 cm³/mol. The first-order valence-electron chi connectivity index (χ1n) is 12.4. The Labute approximate surface area is 216 Å². The van der Waals surface area contributed by atoms with Gasteiger partial charge in [-0.3, -0.25) is 4.79 Å². The molecule has 4 aromatic carbocycles. The minimum absolute atomic E-state index is 0.0695. The highest BCUT2D eigenvalue weighted by molar-refractivity contribution is 6.03. The highest BCUT2D eigenvalue weighted by Gasteiger charge is 2.26. The van der Waals surface area contributed by atoms with Crippen molar-refractivity contribution in [3.63, 3.8) is 0 Å². The van der Waals surface area contributed by atoms with Crippen molar-refractivity contribution in [1.82, 2.24) is 0 Å². The average Bonchev–Trinajstić information content (AvgIpc) is 3.13. The van der Waals surface area contributed by atoms with Crippen LogP contribution in [-0.4, -0.2) is 18.5 Å². The van der Waals surface area contributed by atoms with Gasteiger partial charge >= 0.3 is 6.03 Å². The lowest BCUT2D eigenvalue weighted by molar-refractivity contribution is 0.100. The number of urea groups is 1. The Balaban J connectivity index is 1.62. The van der Waals surface area contributed by atoms with Crippen molar-refractivity contribution >= 4 is 23.3 Å². The van der Waals surface area contributed by atoms with Gasteiger partial charge in [0, 0.05) is 22.7 Å². The number of hydrogen-bond acceptors (Lipinski definition) is 3. The van der Waals surface area contributed by atoms with Crippen molar-refractivity contribution in [2.45, 2.75) is 25.7 Å². The van der Waals surface area contributed by atoms with Gasteiger partial charge in [0.2, 0.25) is 5.91 Å². The van der Waals surface area contributed by atoms with Gasteiger partial charge in [-0.15, -0.1) is 0 Å². The normalized spacial score (nSPS) is 14.6. The van der Waals surface area contributed by atoms with Crippen molar-refractivity contribution in [3.05, 3.63) is 113 Å². The highest BCUT2D eigenvalue weighted by Crippen LogP contribution is 2.45. The number of amides is 3. The molecule has 37 heavy (non-hydrogen) atoms. The molecule has 1 atom stereocenters. The molecule has 0 bridgehead atoms. The quantitative estimate of drug-likeness (QED) is 0.290. The molecule has 0 saturated carbocycles. The van der Waals surface area contributed by atoms with E-state index in [4.69, 9.17) is 10.5 Å². The van der Waals surface area contributed by atoms with Crippen LogP contribution in [0.3, 0.4) is 0 Å². The summed E-state index contributed by atoms with van der Waals surface area (Å²) >= 11 is 0. The largest absolute Gasteiger partial charge is 0.491 e. The highest BCUT2D eigenvalue weighted by atomic mass is 16.5. The topological polar surface area (TPSA) is 93.5 Å². The van der Waals surface area contributed by atoms with Gasteiger partial charge in [-0.2, -0.15) is 0 Å². The Kier molecular flexibility index (Phi) is 6.90. The number of ether oxygens (including phenoxy) is 1. The number of primary amides is 1. The molecule has 1 unspecified atom stereocenters. The first-order valence-corrected chi connectivity index (χ1v) is 12.4. The second kappa shape index (κ2) is 10.6. The molecule has 5 rings (SSSR count). The van der Waals surface area contributed by atoms with Crippen molar-refractivity contribution in [2.75, 3.05) is 17.2 Å². The SMILES string of the molecule is Cc1ccc(NC(=O)Nc2cc(-c3ccccc3C(N)=O)cc3c2OCCCC3c2ccccc2)cc1. The second-order valence-electron chi connectivity index (χ2n) is 9.25. The third kappa shape index (κ3) is 5.33. The number of aryl methyl sites for hydroxylation is 1. The standard InChI is InChI=1S/C31H29N3O3/c1-20-13-15-23(16-14-20)33-31(36)34-28-19-22(25-10-5-6-11-26(25)30(32)35)18-27-24(12-7-17-37-29(27)28)21-8-3-2-4-9-21/h2-6,8-11,13-16,18-19,24H,7,12,17H2,1H3,(H2,32,35)(H2,33,34,36). The van der Waals surface area contributed by atoms with E-state index in [0.717, 1.165) is 29.5 Å². The Bertz CT molecular complexity index is 1430. The lowest BCUT2D eigenvalue weighted by atomic mass is 9.85. The van der Waals surface area contributed by atoms with E-state index in [2.05, 4.69) is 28.8 Å². The molecule has 4 N–H and O–H groups in total. The van der Waals surface area contributed by atoms with Crippen LogP contribution < -0.4 is 21.1 Å². The number of nitrogens with two attached hydrogens (primary N) is 1. The fraction of sp³-hybridized carbons (Fsp3) is 0.161. The van der Waals surface area contributed by atoms with E-state index in [0.29, 0.717) is 34.9 Å². The molecular weight excluding hydrogens is 462 g/mol. The predicted octanol–water partition coefficient (Wildman–Crippen LogP) is 6.71. The van der Waals surface area contributed by atoms with Crippen LogP contribution in [0, 0.1) is 6.92 Å². The van der Waals surface area contributed by atoms with Crippen LogP contribution in [0.5, 0.6) is 5.75 Å². The van der Waals surface area contributed by atoms with E-state index < -0.39 is 5.91 Å². The minimum Gasteiger partial charge on any atom is -0.491 e. The summed E-state index contributed by atoms with van der Waals surface area (Å²) < 4.78 is 6.23. The van der Waals surface area contributed by atoms with Crippen LogP contribution in [0.4, 0.5) is 16.2 Å². The van der Waals surface area contributed by atoms with Crippen LogP contribution in [-0.2, 0) is 0 Å². The molecule has 6 nitrogen and oxygen atoms in total. The molecule has 4 aromatic rings. The zero-order valence-corrected chi connectivity index (χ0v) is 20.7. The van der Waals surface area contributed by atoms with Gasteiger partial charge in [0.1, 0.15) is 5.75 Å². The van der Waals surface area contributed by atoms with Crippen molar-refractivity contribution < 1.29 is 14.3 Å². The van der Waals surface area contributed by atoms with Crippen LogP contribution >= 0.6 is 0 Å². The molecule has 0 saturated heterocycles. The van der Waals surface area contributed by atoms with Crippen LogP contribution in [0.2, 0.25) is 0 Å². The van der Waals surface area contributed by atoms with Gasteiger partial charge in [0.25, 0.3) is 0 Å². The molecule has 186 valence electrons. The molecule has 1 heterocycles. The number of fused-ring (bicyclic) bond motifs is 1. The summed E-state index contributed by atoms with van der Waals surface area (Å²) in [6, 6.07) is 28.7. The van der Waals surface area contributed by atoms with E-state index in [1.807, 2.05) is 67.6 Å². The fourth-order valence-electron chi connectivity index (χ4n) is 4.84. The third-order valence-electron chi connectivity index (χ3n) is 6.64. The zero-order valence-electron chi connectivity index (χ0n) is 20.7. The Morgan fingerprint density at radius 2 is 1.62 bits per heavy atom. The Hall–Kier alpha value is -4.58. The maximum Gasteiger partial charge on any atom is 0.323 e. The van der Waals surface area contributed by atoms with Crippen LogP contribution in [0.25, 0.3) is 11.1 Å². The Morgan fingerprint density at radius 1 is 0.892 bits per heavy atom. The minimum atomic E-state index is -0.506. The van der Waals surface area contributed by atoms with Gasteiger partial charge in [-0.1, -0.05) is 66.2 Å². The maximum absolute atomic E-state index is 13.1. The van der Waals surface area contributed by atoms with Gasteiger partial charge in [0.05, 0.1) is 12.3 Å². The van der Waals surface area contributed by atoms with Gasteiger partial charge in [-0.25, -0.2) is 4.79 Å². The monoisotopic (exact) mass is 491 g/mol. The van der Waals surface area contributed by atoms with E-state index in [1.54, 1.807) is 12.1 Å². The molecule has 0 spiro atoms. The molecule has 3 amide bonds. The first kappa shape index (κ1) is 24.1. The molecule has 1 aliphatic rings. The van der Waals surface area contributed by atoms with Crippen LogP contribution in [0.1, 0.15) is 45.8 Å². The van der Waals surface area contributed by atoms with Crippen molar-refractivity contribution in [2.24, 2.45) is 5.73 Å². The number of hydrogen-bond donors (Lipinski definition) is 3. The molecule has 0 fully saturated rings. The van der Waals surface area contributed by atoms with Gasteiger partial charge in [0.15, 0.2) is 0 Å². The smallest absolute Gasteiger partial charge is 0.323 e. The third-order valence-corrected chi connectivity index (χ3v) is 6.64. The number of benzene rings is 4. The summed E-state index contributed by atoms with van der Waals surface area (Å²) in [6.45, 7) is 2.54. The average molecular weight is 492 g/mol. The molecule has 0 aromatic heterocycles. The lowest BCUT2D eigenvalue weighted by Gasteiger charge is -2.22. The fourth-order valence-corrected chi connectivity index (χ4v) is 4.84. The summed E-state index contributed by atoms with van der Waals surface area (Å²) in [7, 11) is 0. The summed E-state index contributed by atoms with van der Waals surface area (Å²) in [5.74, 6) is 0.207. The number of nitrogens with one attached hydrogen (secondary N) is 2. The first-order chi connectivity index (χ1) is 18.0. The number of rotatable bonds is 5. The molecule has 6 heteroatoms. The van der Waals surface area contributed by atoms with E-state index in [-0.39, 0.29) is 11.9 Å². The zero-order chi connectivity index (χ0) is 25.8. The van der Waals surface area contributed by atoms with E-state index >= 15 is 0 Å². The number of anilines is 2. The molecule has 0 aliphatic carbocycles. The Morgan fingerprint density at radius 3 is 2.38 bits per heavy atom. The summed E-state index contributed by atoms with van der Waals surface area (Å²) in [6.07, 6.45) is 1.77. The van der Waals surface area contributed by atoms with E-state index in [9.17, 15) is 9.59 Å². The van der Waals surface area contributed by atoms with Crippen LogP contribution in [0.15, 0.2) is 91.0 Å². The van der Waals surface area contributed by atoms with E-state index in [1.165, 1.54) is 5.56 Å². The molecular formula is C31H29N3O3. The number of carbonyl (C=O) groups is 2. The van der Waals surface area contributed by atoms with Gasteiger partial charge in [-0.05, 0) is 66.8 Å². The van der Waals surface area contributed by atoms with Gasteiger partial charge < -0.3 is 21.1 Å². The number of carbonyl (C=O) groups excluding carboxylic acids is 2. The molecule has 1 aliphatic heterocycles. The summed E-state index contributed by atoms with van der Waals surface area (Å²) in [5.41, 5.74) is 12.1. The lowest BCUT2D eigenvalue weighted by Crippen LogP contribution is -2.20. The summed E-state index contributed by atoms with van der Waals surface area (Å²) in [5, 5.41) is 5.89. The maximum atomic E-state index is 13.1. The molecule has 0 radical (unpaired) electrons.